The number of amides is 2. The van der Waals surface area contributed by atoms with Crippen molar-refractivity contribution in [3.05, 3.63) is 41.8 Å². The Kier molecular flexibility index (Phi) is 4.40. The van der Waals surface area contributed by atoms with E-state index < -0.39 is 0 Å². The summed E-state index contributed by atoms with van der Waals surface area (Å²) in [6, 6.07) is 11.6. The van der Waals surface area contributed by atoms with Crippen LogP contribution in [0.2, 0.25) is 0 Å². The van der Waals surface area contributed by atoms with Gasteiger partial charge in [0.05, 0.1) is 16.4 Å². The molecule has 2 amide bonds. The Morgan fingerprint density at radius 3 is 2.57 bits per heavy atom. The van der Waals surface area contributed by atoms with Crippen LogP contribution in [0.25, 0.3) is 0 Å². The molecule has 4 nitrogen and oxygen atoms in total. The molecule has 0 atom stereocenters. The Morgan fingerprint density at radius 2 is 1.81 bits per heavy atom. The summed E-state index contributed by atoms with van der Waals surface area (Å²) in [6.45, 7) is 2.12. The smallest absolute Gasteiger partial charge is 0.324 e. The van der Waals surface area contributed by atoms with Gasteiger partial charge in [0.25, 0.3) is 0 Å². The number of thiophene rings is 1. The van der Waals surface area contributed by atoms with Gasteiger partial charge < -0.3 is 10.2 Å². The molecule has 1 aliphatic heterocycles. The maximum absolute atomic E-state index is 12.1. The van der Waals surface area contributed by atoms with E-state index in [0.29, 0.717) is 0 Å². The van der Waals surface area contributed by atoms with Crippen LogP contribution in [0.1, 0.15) is 19.3 Å². The van der Waals surface area contributed by atoms with Crippen LogP contribution < -0.4 is 15.5 Å². The van der Waals surface area contributed by atoms with Crippen molar-refractivity contribution in [2.24, 2.45) is 0 Å². The first kappa shape index (κ1) is 13.9. The zero-order chi connectivity index (χ0) is 14.5. The molecule has 1 aliphatic rings. The minimum atomic E-state index is -0.193. The lowest BCUT2D eigenvalue weighted by molar-refractivity contribution is 0.262. The van der Waals surface area contributed by atoms with E-state index >= 15 is 0 Å². The molecule has 1 saturated heterocycles. The van der Waals surface area contributed by atoms with Crippen molar-refractivity contribution in [1.29, 1.82) is 0 Å². The molecule has 1 aromatic heterocycles. The molecule has 0 aliphatic carbocycles. The molecule has 2 heterocycles. The van der Waals surface area contributed by atoms with Gasteiger partial charge in [-0.3, -0.25) is 5.32 Å². The summed E-state index contributed by atoms with van der Waals surface area (Å²) in [5.41, 5.74) is 1.98. The van der Waals surface area contributed by atoms with Crippen molar-refractivity contribution in [3.63, 3.8) is 0 Å². The van der Waals surface area contributed by atoms with Crippen molar-refractivity contribution in [2.45, 2.75) is 19.3 Å². The van der Waals surface area contributed by atoms with Crippen molar-refractivity contribution in [3.8, 4) is 0 Å². The van der Waals surface area contributed by atoms with Gasteiger partial charge in [0, 0.05) is 13.1 Å². The van der Waals surface area contributed by atoms with Gasteiger partial charge in [-0.05, 0) is 48.9 Å². The average molecular weight is 301 g/mol. The zero-order valence-corrected chi connectivity index (χ0v) is 12.7. The molecule has 0 unspecified atom stereocenters. The number of nitrogens with zero attached hydrogens (tertiary/aromatic N) is 1. The SMILES string of the molecule is O=C(Nc1cccs1)Nc1ccccc1N1CCCCC1. The van der Waals surface area contributed by atoms with Gasteiger partial charge >= 0.3 is 6.03 Å². The van der Waals surface area contributed by atoms with E-state index in [2.05, 4.69) is 21.6 Å². The number of urea groups is 1. The Labute approximate surface area is 128 Å². The first-order chi connectivity index (χ1) is 10.3. The zero-order valence-electron chi connectivity index (χ0n) is 11.8. The summed E-state index contributed by atoms with van der Waals surface area (Å²) in [5.74, 6) is 0. The van der Waals surface area contributed by atoms with E-state index in [1.807, 2.05) is 35.7 Å². The number of para-hydroxylation sites is 2. The molecule has 0 spiro atoms. The minimum absolute atomic E-state index is 0.193. The second-order valence-corrected chi connectivity index (χ2v) is 6.07. The third-order valence-corrected chi connectivity index (χ3v) is 4.39. The molecule has 0 radical (unpaired) electrons. The number of carbonyl (C=O) groups is 1. The van der Waals surface area contributed by atoms with Crippen molar-refractivity contribution < 1.29 is 4.79 Å². The number of rotatable bonds is 3. The van der Waals surface area contributed by atoms with Gasteiger partial charge in [-0.25, -0.2) is 4.79 Å². The van der Waals surface area contributed by atoms with Crippen LogP contribution in [0.15, 0.2) is 41.8 Å². The Hall–Kier alpha value is -2.01. The summed E-state index contributed by atoms with van der Waals surface area (Å²) < 4.78 is 0. The predicted octanol–water partition coefficient (Wildman–Crippen LogP) is 4.38. The Morgan fingerprint density at radius 1 is 1.00 bits per heavy atom. The van der Waals surface area contributed by atoms with E-state index in [9.17, 15) is 4.79 Å². The molecule has 3 rings (SSSR count). The second-order valence-electron chi connectivity index (χ2n) is 5.12. The molecular formula is C16H19N3OS. The van der Waals surface area contributed by atoms with Gasteiger partial charge in [0.1, 0.15) is 0 Å². The molecule has 1 fully saturated rings. The Balaban J connectivity index is 1.71. The molecule has 110 valence electrons. The highest BCUT2D eigenvalue weighted by Crippen LogP contribution is 2.28. The van der Waals surface area contributed by atoms with Crippen LogP contribution in [0.5, 0.6) is 0 Å². The topological polar surface area (TPSA) is 44.4 Å². The Bertz CT molecular complexity index is 591. The quantitative estimate of drug-likeness (QED) is 0.883. The fourth-order valence-corrected chi connectivity index (χ4v) is 3.22. The maximum atomic E-state index is 12.1. The molecular weight excluding hydrogens is 282 g/mol. The second kappa shape index (κ2) is 6.63. The van der Waals surface area contributed by atoms with Gasteiger partial charge in [-0.15, -0.1) is 11.3 Å². The lowest BCUT2D eigenvalue weighted by Gasteiger charge is -2.30. The lowest BCUT2D eigenvalue weighted by atomic mass is 10.1. The van der Waals surface area contributed by atoms with Crippen LogP contribution in [0.4, 0.5) is 21.2 Å². The summed E-state index contributed by atoms with van der Waals surface area (Å²) in [4.78, 5) is 14.4. The van der Waals surface area contributed by atoms with Crippen LogP contribution in [-0.2, 0) is 0 Å². The molecule has 5 heteroatoms. The normalized spacial score (nSPS) is 14.8. The highest BCUT2D eigenvalue weighted by molar-refractivity contribution is 7.14. The maximum Gasteiger partial charge on any atom is 0.324 e. The molecule has 1 aromatic carbocycles. The molecule has 0 saturated carbocycles. The first-order valence-electron chi connectivity index (χ1n) is 7.28. The van der Waals surface area contributed by atoms with Crippen LogP contribution in [0.3, 0.4) is 0 Å². The van der Waals surface area contributed by atoms with Gasteiger partial charge in [-0.2, -0.15) is 0 Å². The van der Waals surface area contributed by atoms with E-state index in [0.717, 1.165) is 29.5 Å². The molecule has 21 heavy (non-hydrogen) atoms. The number of piperidine rings is 1. The third kappa shape index (κ3) is 3.55. The van der Waals surface area contributed by atoms with Crippen LogP contribution in [-0.4, -0.2) is 19.1 Å². The lowest BCUT2D eigenvalue weighted by Crippen LogP contribution is -2.30. The molecule has 2 aromatic rings. The minimum Gasteiger partial charge on any atom is -0.370 e. The summed E-state index contributed by atoms with van der Waals surface area (Å²) in [6.07, 6.45) is 3.73. The summed E-state index contributed by atoms with van der Waals surface area (Å²) in [5, 5.41) is 8.60. The first-order valence-corrected chi connectivity index (χ1v) is 8.16. The fraction of sp³-hybridized carbons (Fsp3) is 0.312. The predicted molar refractivity (Wildman–Crippen MR) is 89.5 cm³/mol. The number of nitrogens with one attached hydrogen (secondary N) is 2. The summed E-state index contributed by atoms with van der Waals surface area (Å²) in [7, 11) is 0. The monoisotopic (exact) mass is 301 g/mol. The summed E-state index contributed by atoms with van der Waals surface area (Å²) >= 11 is 1.51. The standard InChI is InChI=1S/C16H19N3OS/c20-16(18-15-9-6-12-21-15)17-13-7-2-3-8-14(13)19-10-4-1-5-11-19/h2-3,6-9,12H,1,4-5,10-11H2,(H2,17,18,20). The van der Waals surface area contributed by atoms with E-state index in [1.54, 1.807) is 0 Å². The number of hydrogen-bond donors (Lipinski definition) is 2. The van der Waals surface area contributed by atoms with Gasteiger partial charge in [0.15, 0.2) is 0 Å². The van der Waals surface area contributed by atoms with Crippen molar-refractivity contribution >= 4 is 33.7 Å². The van der Waals surface area contributed by atoms with Crippen LogP contribution in [0, 0.1) is 0 Å². The number of carbonyl (C=O) groups excluding carboxylic acids is 1. The molecule has 0 bridgehead atoms. The van der Waals surface area contributed by atoms with Gasteiger partial charge in [0.2, 0.25) is 0 Å². The highest BCUT2D eigenvalue weighted by atomic mass is 32.1. The van der Waals surface area contributed by atoms with E-state index in [-0.39, 0.29) is 6.03 Å². The van der Waals surface area contributed by atoms with Crippen LogP contribution >= 0.6 is 11.3 Å². The number of hydrogen-bond acceptors (Lipinski definition) is 3. The van der Waals surface area contributed by atoms with Crippen molar-refractivity contribution in [1.82, 2.24) is 0 Å². The largest absolute Gasteiger partial charge is 0.370 e. The fourth-order valence-electron chi connectivity index (χ4n) is 2.61. The average Bonchev–Trinajstić information content (AvgIpc) is 3.01. The highest BCUT2D eigenvalue weighted by Gasteiger charge is 2.15. The molecule has 2 N–H and O–H groups in total. The van der Waals surface area contributed by atoms with Crippen molar-refractivity contribution in [2.75, 3.05) is 28.6 Å². The van der Waals surface area contributed by atoms with E-state index in [4.69, 9.17) is 0 Å². The number of benzene rings is 1. The van der Waals surface area contributed by atoms with E-state index in [1.165, 1.54) is 30.6 Å². The van der Waals surface area contributed by atoms with Gasteiger partial charge in [-0.1, -0.05) is 12.1 Å². The third-order valence-electron chi connectivity index (χ3n) is 3.61. The number of anilines is 3.